The highest BCUT2D eigenvalue weighted by Gasteiger charge is 2.31. The summed E-state index contributed by atoms with van der Waals surface area (Å²) >= 11 is 0. The predicted octanol–water partition coefficient (Wildman–Crippen LogP) is 4.92. The second kappa shape index (κ2) is 8.12. The third kappa shape index (κ3) is 5.09. The standard InChI is InChI=1S/C19H18F3N5O/c1-3-24-18-26-16(13-6-8-23-9-7-13)11-17(27-18)25-15-5-4-14(10-12(15)2)28-19(20,21)22/h4-11H,3H2,1-2H3,(H2,24,25,26,27). The maximum Gasteiger partial charge on any atom is 0.573 e. The lowest BCUT2D eigenvalue weighted by Gasteiger charge is -2.14. The molecule has 1 aromatic carbocycles. The molecule has 0 aliphatic carbocycles. The molecule has 3 aromatic rings. The average molecular weight is 389 g/mol. The van der Waals surface area contributed by atoms with Crippen LogP contribution in [0.1, 0.15) is 12.5 Å². The molecule has 0 aliphatic heterocycles. The Morgan fingerprint density at radius 1 is 1.04 bits per heavy atom. The van der Waals surface area contributed by atoms with Crippen molar-refractivity contribution in [3.8, 4) is 17.0 Å². The Balaban J connectivity index is 1.90. The van der Waals surface area contributed by atoms with Crippen molar-refractivity contribution >= 4 is 17.5 Å². The summed E-state index contributed by atoms with van der Waals surface area (Å²) in [6.07, 6.45) is -1.39. The number of halogens is 3. The molecule has 3 rings (SSSR count). The van der Waals surface area contributed by atoms with Crippen LogP contribution in [0.2, 0.25) is 0 Å². The van der Waals surface area contributed by atoms with Gasteiger partial charge in [-0.25, -0.2) is 4.98 Å². The monoisotopic (exact) mass is 389 g/mol. The lowest BCUT2D eigenvalue weighted by atomic mass is 10.1. The number of ether oxygens (including phenoxy) is 1. The average Bonchev–Trinajstić information content (AvgIpc) is 2.64. The molecule has 0 radical (unpaired) electrons. The van der Waals surface area contributed by atoms with Crippen LogP contribution in [0.5, 0.6) is 5.75 Å². The van der Waals surface area contributed by atoms with Crippen molar-refractivity contribution in [3.05, 3.63) is 54.4 Å². The zero-order valence-electron chi connectivity index (χ0n) is 15.2. The smallest absolute Gasteiger partial charge is 0.406 e. The molecule has 0 unspecified atom stereocenters. The van der Waals surface area contributed by atoms with Crippen molar-refractivity contribution in [2.75, 3.05) is 17.2 Å². The van der Waals surface area contributed by atoms with Gasteiger partial charge in [-0.3, -0.25) is 4.98 Å². The number of aryl methyl sites for hydroxylation is 1. The van der Waals surface area contributed by atoms with Crippen LogP contribution in [0.15, 0.2) is 48.8 Å². The van der Waals surface area contributed by atoms with Crippen molar-refractivity contribution < 1.29 is 17.9 Å². The quantitative estimate of drug-likeness (QED) is 0.623. The fourth-order valence-corrected chi connectivity index (χ4v) is 2.53. The van der Waals surface area contributed by atoms with Gasteiger partial charge in [-0.05, 0) is 49.7 Å². The molecule has 0 saturated heterocycles. The van der Waals surface area contributed by atoms with E-state index in [9.17, 15) is 13.2 Å². The Kier molecular flexibility index (Phi) is 5.62. The minimum Gasteiger partial charge on any atom is -0.406 e. The van der Waals surface area contributed by atoms with Crippen LogP contribution < -0.4 is 15.4 Å². The molecule has 2 N–H and O–H groups in total. The Morgan fingerprint density at radius 2 is 1.79 bits per heavy atom. The Labute approximate surface area is 159 Å². The number of nitrogens with zero attached hydrogens (tertiary/aromatic N) is 3. The number of alkyl halides is 3. The van der Waals surface area contributed by atoms with Crippen LogP contribution in [0.3, 0.4) is 0 Å². The van der Waals surface area contributed by atoms with Crippen LogP contribution in [0.4, 0.5) is 30.6 Å². The van der Waals surface area contributed by atoms with Gasteiger partial charge in [-0.2, -0.15) is 4.98 Å². The highest BCUT2D eigenvalue weighted by Crippen LogP contribution is 2.29. The first-order valence-corrected chi connectivity index (χ1v) is 8.51. The molecule has 0 amide bonds. The third-order valence-electron chi connectivity index (χ3n) is 3.73. The van der Waals surface area contributed by atoms with Gasteiger partial charge in [0, 0.05) is 36.3 Å². The van der Waals surface area contributed by atoms with Crippen molar-refractivity contribution in [2.45, 2.75) is 20.2 Å². The largest absolute Gasteiger partial charge is 0.573 e. The molecule has 0 fully saturated rings. The molecular weight excluding hydrogens is 371 g/mol. The van der Waals surface area contributed by atoms with Crippen molar-refractivity contribution in [1.29, 1.82) is 0 Å². The molecule has 2 heterocycles. The van der Waals surface area contributed by atoms with E-state index < -0.39 is 6.36 Å². The van der Waals surface area contributed by atoms with Crippen molar-refractivity contribution in [2.24, 2.45) is 0 Å². The summed E-state index contributed by atoms with van der Waals surface area (Å²) in [6.45, 7) is 4.25. The minimum absolute atomic E-state index is 0.274. The molecule has 0 aliphatic rings. The molecule has 0 bridgehead atoms. The van der Waals surface area contributed by atoms with Crippen molar-refractivity contribution in [1.82, 2.24) is 15.0 Å². The second-order valence-corrected chi connectivity index (χ2v) is 5.88. The fourth-order valence-electron chi connectivity index (χ4n) is 2.53. The van der Waals surface area contributed by atoms with E-state index in [-0.39, 0.29) is 5.75 Å². The maximum atomic E-state index is 12.4. The Bertz CT molecular complexity index is 948. The molecule has 6 nitrogen and oxygen atoms in total. The first-order chi connectivity index (χ1) is 13.3. The molecule has 0 spiro atoms. The zero-order valence-corrected chi connectivity index (χ0v) is 15.2. The molecule has 0 saturated carbocycles. The van der Waals surface area contributed by atoms with E-state index in [1.54, 1.807) is 25.4 Å². The maximum absolute atomic E-state index is 12.4. The third-order valence-corrected chi connectivity index (χ3v) is 3.73. The molecular formula is C19H18F3N5O. The number of pyridine rings is 1. The summed E-state index contributed by atoms with van der Waals surface area (Å²) in [5, 5.41) is 6.20. The predicted molar refractivity (Wildman–Crippen MR) is 101 cm³/mol. The van der Waals surface area contributed by atoms with Gasteiger partial charge in [-0.1, -0.05) is 0 Å². The summed E-state index contributed by atoms with van der Waals surface area (Å²) in [5.74, 6) is 0.670. The van der Waals surface area contributed by atoms with Gasteiger partial charge in [0.05, 0.1) is 5.69 Å². The van der Waals surface area contributed by atoms with Gasteiger partial charge in [-0.15, -0.1) is 13.2 Å². The number of hydrogen-bond donors (Lipinski definition) is 2. The summed E-state index contributed by atoms with van der Waals surface area (Å²) in [4.78, 5) is 12.9. The topological polar surface area (TPSA) is 72.0 Å². The highest BCUT2D eigenvalue weighted by atomic mass is 19.4. The number of rotatable bonds is 6. The Hall–Kier alpha value is -3.36. The molecule has 28 heavy (non-hydrogen) atoms. The van der Waals surface area contributed by atoms with Gasteiger partial charge in [0.25, 0.3) is 0 Å². The summed E-state index contributed by atoms with van der Waals surface area (Å²) in [5.41, 5.74) is 2.74. The minimum atomic E-state index is -4.73. The van der Waals surface area contributed by atoms with E-state index in [2.05, 4.69) is 30.3 Å². The van der Waals surface area contributed by atoms with Crippen LogP contribution in [-0.2, 0) is 0 Å². The molecule has 146 valence electrons. The van der Waals surface area contributed by atoms with Gasteiger partial charge in [0.2, 0.25) is 5.95 Å². The van der Waals surface area contributed by atoms with E-state index in [4.69, 9.17) is 0 Å². The van der Waals surface area contributed by atoms with E-state index in [1.807, 2.05) is 19.1 Å². The van der Waals surface area contributed by atoms with E-state index in [1.165, 1.54) is 18.2 Å². The molecule has 2 aromatic heterocycles. The number of benzene rings is 1. The fraction of sp³-hybridized carbons (Fsp3) is 0.211. The lowest BCUT2D eigenvalue weighted by molar-refractivity contribution is -0.274. The van der Waals surface area contributed by atoms with E-state index >= 15 is 0 Å². The van der Waals surface area contributed by atoms with Gasteiger partial charge >= 0.3 is 6.36 Å². The van der Waals surface area contributed by atoms with Crippen LogP contribution >= 0.6 is 0 Å². The SMILES string of the molecule is CCNc1nc(Nc2ccc(OC(F)(F)F)cc2C)cc(-c2ccncc2)n1. The van der Waals surface area contributed by atoms with Gasteiger partial charge in [0.15, 0.2) is 0 Å². The van der Waals surface area contributed by atoms with Gasteiger partial charge < -0.3 is 15.4 Å². The summed E-state index contributed by atoms with van der Waals surface area (Å²) in [7, 11) is 0. The number of anilines is 3. The zero-order chi connectivity index (χ0) is 20.1. The van der Waals surface area contributed by atoms with Crippen LogP contribution in [0, 0.1) is 6.92 Å². The molecule has 0 atom stereocenters. The number of hydrogen-bond acceptors (Lipinski definition) is 6. The number of aromatic nitrogens is 3. The summed E-state index contributed by atoms with van der Waals surface area (Å²) in [6, 6.07) is 9.49. The van der Waals surface area contributed by atoms with E-state index in [0.717, 1.165) is 5.56 Å². The van der Waals surface area contributed by atoms with E-state index in [0.29, 0.717) is 35.3 Å². The first kappa shape index (κ1) is 19.4. The van der Waals surface area contributed by atoms with Crippen LogP contribution in [-0.4, -0.2) is 27.9 Å². The normalized spacial score (nSPS) is 11.2. The van der Waals surface area contributed by atoms with Crippen molar-refractivity contribution in [3.63, 3.8) is 0 Å². The lowest BCUT2D eigenvalue weighted by Crippen LogP contribution is -2.17. The van der Waals surface area contributed by atoms with Crippen LogP contribution in [0.25, 0.3) is 11.3 Å². The number of nitrogens with one attached hydrogen (secondary N) is 2. The Morgan fingerprint density at radius 3 is 2.43 bits per heavy atom. The first-order valence-electron chi connectivity index (χ1n) is 8.51. The van der Waals surface area contributed by atoms with Gasteiger partial charge in [0.1, 0.15) is 11.6 Å². The highest BCUT2D eigenvalue weighted by molar-refractivity contribution is 5.68. The summed E-state index contributed by atoms with van der Waals surface area (Å²) < 4.78 is 41.1. The second-order valence-electron chi connectivity index (χ2n) is 5.88. The molecule has 9 heteroatoms.